The molecule has 0 unspecified atom stereocenters. The van der Waals surface area contributed by atoms with Crippen LogP contribution < -0.4 is 14.8 Å². The van der Waals surface area contributed by atoms with E-state index in [-0.39, 0.29) is 12.3 Å². The van der Waals surface area contributed by atoms with Gasteiger partial charge in [-0.2, -0.15) is 13.2 Å². The van der Waals surface area contributed by atoms with Gasteiger partial charge in [0.2, 0.25) is 5.91 Å². The Labute approximate surface area is 248 Å². The van der Waals surface area contributed by atoms with Crippen molar-refractivity contribution in [3.8, 4) is 22.8 Å². The number of hydrogen-bond acceptors (Lipinski definition) is 7. The summed E-state index contributed by atoms with van der Waals surface area (Å²) in [6.07, 6.45) is -2.07. The van der Waals surface area contributed by atoms with Crippen molar-refractivity contribution in [2.75, 3.05) is 58.8 Å². The molecule has 1 aliphatic heterocycles. The Hall–Kier alpha value is -4.22. The van der Waals surface area contributed by atoms with E-state index in [4.69, 9.17) is 9.47 Å². The average molecular weight is 594 g/mol. The molecule has 1 aliphatic rings. The Bertz CT molecular complexity index is 1540. The largest absolute Gasteiger partial charge is 0.493 e. The Morgan fingerprint density at radius 1 is 0.953 bits per heavy atom. The topological polar surface area (TPSA) is 79.8 Å². The van der Waals surface area contributed by atoms with Crippen molar-refractivity contribution in [1.29, 1.82) is 0 Å². The van der Waals surface area contributed by atoms with E-state index < -0.39 is 11.7 Å². The number of methoxy groups -OCH3 is 1. The first-order chi connectivity index (χ1) is 20.7. The number of likely N-dealkylation sites (N-methyl/N-ethyl adjacent to an activating group) is 1. The Morgan fingerprint density at radius 3 is 2.35 bits per heavy atom. The quantitative estimate of drug-likeness (QED) is 0.243. The van der Waals surface area contributed by atoms with Gasteiger partial charge in [-0.3, -0.25) is 4.79 Å². The number of rotatable bonds is 10. The number of carbonyl (C=O) groups excluding carboxylic acids is 1. The van der Waals surface area contributed by atoms with Crippen LogP contribution in [-0.2, 0) is 17.4 Å². The zero-order valence-electron chi connectivity index (χ0n) is 24.2. The molecular weight excluding hydrogens is 559 g/mol. The lowest BCUT2D eigenvalue weighted by Gasteiger charge is -2.32. The molecule has 0 bridgehead atoms. The Morgan fingerprint density at radius 2 is 1.67 bits per heavy atom. The van der Waals surface area contributed by atoms with Crippen LogP contribution in [0.1, 0.15) is 17.5 Å². The fourth-order valence-corrected chi connectivity index (χ4v) is 5.02. The summed E-state index contributed by atoms with van der Waals surface area (Å²) in [5, 5.41) is 3.60. The van der Waals surface area contributed by atoms with Gasteiger partial charge in [0, 0.05) is 55.4 Å². The number of carbonyl (C=O) groups is 1. The van der Waals surface area contributed by atoms with Crippen molar-refractivity contribution in [1.82, 2.24) is 19.8 Å². The van der Waals surface area contributed by atoms with E-state index in [1.807, 2.05) is 24.3 Å². The van der Waals surface area contributed by atoms with Crippen molar-refractivity contribution in [2.45, 2.75) is 19.0 Å². The van der Waals surface area contributed by atoms with Crippen LogP contribution in [0.15, 0.2) is 67.0 Å². The average Bonchev–Trinajstić information content (AvgIpc) is 2.99. The molecule has 8 nitrogen and oxygen atoms in total. The zero-order valence-corrected chi connectivity index (χ0v) is 24.2. The highest BCUT2D eigenvalue weighted by atomic mass is 19.4. The fraction of sp³-hybridized carbons (Fsp3) is 0.344. The van der Waals surface area contributed by atoms with Gasteiger partial charge in [-0.1, -0.05) is 24.3 Å². The van der Waals surface area contributed by atoms with E-state index in [0.717, 1.165) is 62.2 Å². The maximum atomic E-state index is 12.8. The molecule has 0 saturated carbocycles. The fourth-order valence-electron chi connectivity index (χ4n) is 5.02. The Balaban J connectivity index is 1.24. The highest BCUT2D eigenvalue weighted by molar-refractivity contribution is 5.95. The molecule has 5 rings (SSSR count). The van der Waals surface area contributed by atoms with Crippen LogP contribution in [0, 0.1) is 0 Å². The number of hydrogen-bond donors (Lipinski definition) is 1. The number of aromatic nitrogens is 2. The minimum atomic E-state index is -4.41. The summed E-state index contributed by atoms with van der Waals surface area (Å²) >= 11 is 0. The molecule has 1 N–H and O–H groups in total. The number of amides is 1. The SMILES string of the molecule is COc1cc2ncnc(-c3ccc(NC(=O)Cc4ccc(C(F)(F)F)cc4)cc3)c2cc1OCCCN1CCN(C)CC1. The van der Waals surface area contributed by atoms with Crippen LogP contribution in [-0.4, -0.2) is 79.2 Å². The Kier molecular flexibility index (Phi) is 9.42. The molecule has 0 aliphatic carbocycles. The maximum absolute atomic E-state index is 12.8. The van der Waals surface area contributed by atoms with E-state index >= 15 is 0 Å². The lowest BCUT2D eigenvalue weighted by Crippen LogP contribution is -2.44. The van der Waals surface area contributed by atoms with Crippen LogP contribution in [0.5, 0.6) is 11.5 Å². The normalized spacial score (nSPS) is 14.5. The summed E-state index contributed by atoms with van der Waals surface area (Å²) < 4.78 is 50.1. The summed E-state index contributed by atoms with van der Waals surface area (Å²) in [6.45, 7) is 5.83. The smallest absolute Gasteiger partial charge is 0.416 e. The van der Waals surface area contributed by atoms with Gasteiger partial charge >= 0.3 is 6.18 Å². The summed E-state index contributed by atoms with van der Waals surface area (Å²) in [6, 6.07) is 15.5. The van der Waals surface area contributed by atoms with Crippen molar-refractivity contribution in [2.24, 2.45) is 0 Å². The lowest BCUT2D eigenvalue weighted by molar-refractivity contribution is -0.137. The van der Waals surface area contributed by atoms with Gasteiger partial charge in [-0.05, 0) is 49.4 Å². The summed E-state index contributed by atoms with van der Waals surface area (Å²) in [7, 11) is 3.75. The minimum Gasteiger partial charge on any atom is -0.493 e. The molecule has 0 atom stereocenters. The number of nitrogens with zero attached hydrogens (tertiary/aromatic N) is 4. The summed E-state index contributed by atoms with van der Waals surface area (Å²) in [4.78, 5) is 26.2. The third-order valence-corrected chi connectivity index (χ3v) is 7.48. The van der Waals surface area contributed by atoms with Crippen molar-refractivity contribution >= 4 is 22.5 Å². The number of fused-ring (bicyclic) bond motifs is 1. The second-order valence-corrected chi connectivity index (χ2v) is 10.6. The van der Waals surface area contributed by atoms with Crippen LogP contribution in [0.3, 0.4) is 0 Å². The predicted molar refractivity (Wildman–Crippen MR) is 159 cm³/mol. The molecule has 11 heteroatoms. The lowest BCUT2D eigenvalue weighted by atomic mass is 10.1. The first-order valence-electron chi connectivity index (χ1n) is 14.1. The van der Waals surface area contributed by atoms with Crippen molar-refractivity contribution in [3.05, 3.63) is 78.1 Å². The molecule has 1 aromatic heterocycles. The second kappa shape index (κ2) is 13.4. The van der Waals surface area contributed by atoms with Gasteiger partial charge in [0.25, 0.3) is 0 Å². The number of ether oxygens (including phenoxy) is 2. The standard InChI is InChI=1S/C32H34F3N5O3/c1-39-13-15-40(16-14-39)12-3-17-43-29-19-26-27(20-28(29)42-2)36-21-37-31(26)23-6-10-25(11-7-23)38-30(41)18-22-4-8-24(9-5-22)32(33,34)35/h4-11,19-21H,3,12-18H2,1-2H3,(H,38,41). The molecule has 43 heavy (non-hydrogen) atoms. The highest BCUT2D eigenvalue weighted by Crippen LogP contribution is 2.36. The third-order valence-electron chi connectivity index (χ3n) is 7.48. The predicted octanol–water partition coefficient (Wildman–Crippen LogP) is 5.52. The molecular formula is C32H34F3N5O3. The number of piperazine rings is 1. The minimum absolute atomic E-state index is 0.0452. The van der Waals surface area contributed by atoms with Gasteiger partial charge in [0.1, 0.15) is 6.33 Å². The summed E-state index contributed by atoms with van der Waals surface area (Å²) in [5.74, 6) is 0.890. The van der Waals surface area contributed by atoms with E-state index in [9.17, 15) is 18.0 Å². The van der Waals surface area contributed by atoms with Gasteiger partial charge in [0.15, 0.2) is 11.5 Å². The first-order valence-corrected chi connectivity index (χ1v) is 14.1. The van der Waals surface area contributed by atoms with E-state index in [1.54, 1.807) is 19.2 Å². The molecule has 0 radical (unpaired) electrons. The third kappa shape index (κ3) is 7.79. The van der Waals surface area contributed by atoms with Crippen LogP contribution in [0.2, 0.25) is 0 Å². The van der Waals surface area contributed by atoms with Gasteiger partial charge < -0.3 is 24.6 Å². The number of anilines is 1. The van der Waals surface area contributed by atoms with E-state index in [1.165, 1.54) is 18.5 Å². The van der Waals surface area contributed by atoms with E-state index in [0.29, 0.717) is 40.6 Å². The maximum Gasteiger partial charge on any atom is 0.416 e. The van der Waals surface area contributed by atoms with Gasteiger partial charge in [-0.25, -0.2) is 9.97 Å². The summed E-state index contributed by atoms with van der Waals surface area (Å²) in [5.41, 5.74) is 2.53. The van der Waals surface area contributed by atoms with Crippen LogP contribution >= 0.6 is 0 Å². The number of halogens is 3. The van der Waals surface area contributed by atoms with Crippen LogP contribution in [0.4, 0.5) is 18.9 Å². The van der Waals surface area contributed by atoms with E-state index in [2.05, 4.69) is 32.1 Å². The zero-order chi connectivity index (χ0) is 30.4. The van der Waals surface area contributed by atoms with Crippen molar-refractivity contribution in [3.63, 3.8) is 0 Å². The molecule has 4 aromatic rings. The molecule has 1 amide bonds. The first kappa shape index (κ1) is 30.2. The molecule has 0 spiro atoms. The number of nitrogens with one attached hydrogen (secondary N) is 1. The highest BCUT2D eigenvalue weighted by Gasteiger charge is 2.30. The second-order valence-electron chi connectivity index (χ2n) is 10.6. The molecule has 3 aromatic carbocycles. The molecule has 1 fully saturated rings. The monoisotopic (exact) mass is 593 g/mol. The van der Waals surface area contributed by atoms with Gasteiger partial charge in [0.05, 0.1) is 36.9 Å². The molecule has 2 heterocycles. The number of alkyl halides is 3. The number of benzene rings is 3. The van der Waals surface area contributed by atoms with Crippen LogP contribution in [0.25, 0.3) is 22.2 Å². The van der Waals surface area contributed by atoms with Crippen molar-refractivity contribution < 1.29 is 27.4 Å². The van der Waals surface area contributed by atoms with Gasteiger partial charge in [-0.15, -0.1) is 0 Å². The molecule has 226 valence electrons. The molecule has 1 saturated heterocycles.